The van der Waals surface area contributed by atoms with Crippen molar-refractivity contribution >= 4 is 17.4 Å². The minimum atomic E-state index is -4.49. The molecule has 1 saturated heterocycles. The molecule has 34 heavy (non-hydrogen) atoms. The predicted octanol–water partition coefficient (Wildman–Crippen LogP) is 5.56. The molecule has 4 rings (SSSR count). The Morgan fingerprint density at radius 1 is 1.00 bits per heavy atom. The van der Waals surface area contributed by atoms with Crippen LogP contribution in [0.4, 0.5) is 24.7 Å². The highest BCUT2D eigenvalue weighted by Gasteiger charge is 2.31. The predicted molar refractivity (Wildman–Crippen MR) is 124 cm³/mol. The van der Waals surface area contributed by atoms with Crippen molar-refractivity contribution in [2.45, 2.75) is 38.5 Å². The molecule has 1 aliphatic heterocycles. The molecule has 0 bridgehead atoms. The molecule has 0 spiro atoms. The summed E-state index contributed by atoms with van der Waals surface area (Å²) in [4.78, 5) is 14.8. The van der Waals surface area contributed by atoms with E-state index in [-0.39, 0.29) is 5.75 Å². The topological polar surface area (TPSA) is 67.3 Å². The molecule has 6 nitrogen and oxygen atoms in total. The Balaban J connectivity index is 1.40. The number of alkyl halides is 3. The van der Waals surface area contributed by atoms with E-state index in [9.17, 15) is 18.0 Å². The van der Waals surface area contributed by atoms with Crippen LogP contribution in [0.2, 0.25) is 0 Å². The lowest BCUT2D eigenvalue weighted by Crippen LogP contribution is -2.30. The van der Waals surface area contributed by atoms with Gasteiger partial charge < -0.3 is 15.0 Å². The average molecular weight is 470 g/mol. The van der Waals surface area contributed by atoms with Crippen LogP contribution < -0.4 is 15.0 Å². The summed E-state index contributed by atoms with van der Waals surface area (Å²) in [5.41, 5.74) is 1.13. The van der Waals surface area contributed by atoms with Gasteiger partial charge in [-0.05, 0) is 68.7 Å². The molecule has 0 aliphatic carbocycles. The number of aromatic nitrogens is 2. The van der Waals surface area contributed by atoms with Crippen molar-refractivity contribution in [2.75, 3.05) is 23.3 Å². The molecular formula is C25H25F3N4O2. The number of halogens is 3. The number of hydrogen-bond donors (Lipinski definition) is 1. The van der Waals surface area contributed by atoms with Crippen LogP contribution in [0.15, 0.2) is 60.7 Å². The van der Waals surface area contributed by atoms with E-state index in [4.69, 9.17) is 4.74 Å². The van der Waals surface area contributed by atoms with Gasteiger partial charge in [-0.15, -0.1) is 10.2 Å². The zero-order valence-electron chi connectivity index (χ0n) is 18.7. The lowest BCUT2D eigenvalue weighted by Gasteiger charge is -2.27. The van der Waals surface area contributed by atoms with E-state index < -0.39 is 23.8 Å². The molecular weight excluding hydrogens is 445 g/mol. The van der Waals surface area contributed by atoms with E-state index >= 15 is 0 Å². The van der Waals surface area contributed by atoms with Crippen LogP contribution in [0.1, 0.15) is 31.7 Å². The summed E-state index contributed by atoms with van der Waals surface area (Å²) in [6.07, 6.45) is -1.94. The van der Waals surface area contributed by atoms with Crippen molar-refractivity contribution in [1.82, 2.24) is 10.2 Å². The number of carbonyl (C=O) groups is 1. The van der Waals surface area contributed by atoms with Crippen molar-refractivity contribution in [3.63, 3.8) is 0 Å². The second-order valence-corrected chi connectivity index (χ2v) is 8.18. The first-order chi connectivity index (χ1) is 16.3. The summed E-state index contributed by atoms with van der Waals surface area (Å²) >= 11 is 0. The molecule has 1 atom stereocenters. The van der Waals surface area contributed by atoms with Crippen molar-refractivity contribution < 1.29 is 22.7 Å². The van der Waals surface area contributed by atoms with Crippen molar-refractivity contribution in [1.29, 1.82) is 0 Å². The van der Waals surface area contributed by atoms with Gasteiger partial charge in [0, 0.05) is 24.3 Å². The Bertz CT molecular complexity index is 1130. The molecule has 2 heterocycles. The van der Waals surface area contributed by atoms with Gasteiger partial charge in [0.2, 0.25) is 0 Å². The van der Waals surface area contributed by atoms with Crippen LogP contribution in [0.3, 0.4) is 0 Å². The van der Waals surface area contributed by atoms with Gasteiger partial charge in [0.1, 0.15) is 5.75 Å². The summed E-state index contributed by atoms with van der Waals surface area (Å²) in [6, 6.07) is 15.4. The molecule has 2 aromatic carbocycles. The van der Waals surface area contributed by atoms with Crippen molar-refractivity contribution in [2.24, 2.45) is 0 Å². The maximum atomic E-state index is 12.9. The molecule has 3 aromatic rings. The van der Waals surface area contributed by atoms with Gasteiger partial charge in [-0.3, -0.25) is 4.79 Å². The number of anilines is 2. The van der Waals surface area contributed by atoms with E-state index in [1.807, 2.05) is 18.2 Å². The number of nitrogens with one attached hydrogen (secondary N) is 1. The largest absolute Gasteiger partial charge is 0.481 e. The Morgan fingerprint density at radius 3 is 2.47 bits per heavy atom. The van der Waals surface area contributed by atoms with Crippen molar-refractivity contribution in [3.05, 3.63) is 66.2 Å². The summed E-state index contributed by atoms with van der Waals surface area (Å²) in [5, 5.41) is 11.4. The SMILES string of the molecule is CC(Oc1cccc(C(F)(F)F)c1)C(=O)Nc1cccc(-c2ccc(N3CCCCC3)nn2)c1. The minimum absolute atomic E-state index is 0.0321. The molecule has 1 N–H and O–H groups in total. The second kappa shape index (κ2) is 10.1. The molecule has 1 aromatic heterocycles. The molecule has 1 fully saturated rings. The third kappa shape index (κ3) is 5.84. The average Bonchev–Trinajstić information content (AvgIpc) is 2.84. The first-order valence-corrected chi connectivity index (χ1v) is 11.1. The Labute approximate surface area is 195 Å². The van der Waals surface area contributed by atoms with Gasteiger partial charge in [0.15, 0.2) is 11.9 Å². The van der Waals surface area contributed by atoms with Gasteiger partial charge >= 0.3 is 6.18 Å². The smallest absolute Gasteiger partial charge is 0.416 e. The molecule has 1 unspecified atom stereocenters. The lowest BCUT2D eigenvalue weighted by molar-refractivity contribution is -0.137. The molecule has 0 radical (unpaired) electrons. The zero-order valence-corrected chi connectivity index (χ0v) is 18.7. The molecule has 0 saturated carbocycles. The first kappa shape index (κ1) is 23.5. The third-order valence-corrected chi connectivity index (χ3v) is 5.60. The van der Waals surface area contributed by atoms with E-state index in [0.29, 0.717) is 11.4 Å². The monoisotopic (exact) mass is 470 g/mol. The fraction of sp³-hybridized carbons (Fsp3) is 0.320. The van der Waals surface area contributed by atoms with Crippen LogP contribution >= 0.6 is 0 Å². The highest BCUT2D eigenvalue weighted by atomic mass is 19.4. The highest BCUT2D eigenvalue weighted by molar-refractivity contribution is 5.94. The number of hydrogen-bond acceptors (Lipinski definition) is 5. The highest BCUT2D eigenvalue weighted by Crippen LogP contribution is 2.31. The van der Waals surface area contributed by atoms with Crippen LogP contribution in [-0.4, -0.2) is 35.3 Å². The van der Waals surface area contributed by atoms with Crippen LogP contribution in [0.25, 0.3) is 11.3 Å². The van der Waals surface area contributed by atoms with Gasteiger partial charge in [-0.1, -0.05) is 18.2 Å². The molecule has 178 valence electrons. The van der Waals surface area contributed by atoms with E-state index in [1.165, 1.54) is 25.5 Å². The summed E-state index contributed by atoms with van der Waals surface area (Å²) in [5.74, 6) is 0.338. The van der Waals surface area contributed by atoms with Crippen LogP contribution in [-0.2, 0) is 11.0 Å². The zero-order chi connectivity index (χ0) is 24.1. The minimum Gasteiger partial charge on any atom is -0.481 e. The first-order valence-electron chi connectivity index (χ1n) is 11.1. The number of benzene rings is 2. The third-order valence-electron chi connectivity index (χ3n) is 5.60. The van der Waals surface area contributed by atoms with Crippen LogP contribution in [0.5, 0.6) is 5.75 Å². The fourth-order valence-electron chi connectivity index (χ4n) is 3.77. The lowest BCUT2D eigenvalue weighted by atomic mass is 10.1. The molecule has 1 amide bonds. The van der Waals surface area contributed by atoms with Crippen LogP contribution in [0, 0.1) is 0 Å². The number of ether oxygens (including phenoxy) is 1. The number of amides is 1. The van der Waals surface area contributed by atoms with E-state index in [0.717, 1.165) is 49.4 Å². The Morgan fingerprint density at radius 2 is 1.76 bits per heavy atom. The maximum Gasteiger partial charge on any atom is 0.416 e. The maximum absolute atomic E-state index is 12.9. The number of piperidine rings is 1. The number of rotatable bonds is 6. The second-order valence-electron chi connectivity index (χ2n) is 8.18. The molecule has 1 aliphatic rings. The standard InChI is InChI=1S/C25H25F3N4O2/c1-17(34-21-10-6-8-19(16-21)25(26,27)28)24(33)29-20-9-5-7-18(15-20)22-11-12-23(31-30-22)32-13-3-2-4-14-32/h5-12,15-17H,2-4,13-14H2,1H3,(H,29,33). The summed E-state index contributed by atoms with van der Waals surface area (Å²) < 4.78 is 44.1. The fourth-order valence-corrected chi connectivity index (χ4v) is 3.77. The number of nitrogens with zero attached hydrogens (tertiary/aromatic N) is 3. The Kier molecular flexibility index (Phi) is 7.00. The van der Waals surface area contributed by atoms with Gasteiger partial charge in [-0.25, -0.2) is 0 Å². The summed E-state index contributed by atoms with van der Waals surface area (Å²) in [7, 11) is 0. The van der Waals surface area contributed by atoms with E-state index in [2.05, 4.69) is 20.4 Å². The molecule has 9 heteroatoms. The summed E-state index contributed by atoms with van der Waals surface area (Å²) in [6.45, 7) is 3.44. The quantitative estimate of drug-likeness (QED) is 0.511. The number of carbonyl (C=O) groups excluding carboxylic acids is 1. The van der Waals surface area contributed by atoms with Gasteiger partial charge in [0.05, 0.1) is 11.3 Å². The van der Waals surface area contributed by atoms with Gasteiger partial charge in [-0.2, -0.15) is 13.2 Å². The Hall–Kier alpha value is -3.62. The van der Waals surface area contributed by atoms with E-state index in [1.54, 1.807) is 18.2 Å². The van der Waals surface area contributed by atoms with Gasteiger partial charge in [0.25, 0.3) is 5.91 Å². The van der Waals surface area contributed by atoms with Crippen molar-refractivity contribution in [3.8, 4) is 17.0 Å². The normalized spacial score (nSPS) is 15.0.